The Bertz CT molecular complexity index is 726. The molecule has 4 nitrogen and oxygen atoms in total. The second-order valence-corrected chi connectivity index (χ2v) is 5.71. The van der Waals surface area contributed by atoms with Crippen LogP contribution in [0.1, 0.15) is 34.9 Å². The second-order valence-electron chi connectivity index (χ2n) is 5.71. The van der Waals surface area contributed by atoms with Crippen molar-refractivity contribution in [3.8, 4) is 0 Å². The van der Waals surface area contributed by atoms with E-state index in [1.165, 1.54) is 0 Å². The summed E-state index contributed by atoms with van der Waals surface area (Å²) in [5.74, 6) is -1.47. The largest absolute Gasteiger partial charge is 0.456 e. The number of esters is 1. The lowest BCUT2D eigenvalue weighted by molar-refractivity contribution is -0.0689. The summed E-state index contributed by atoms with van der Waals surface area (Å²) >= 11 is 0. The Kier molecular flexibility index (Phi) is 4.76. The van der Waals surface area contributed by atoms with E-state index >= 15 is 0 Å². The molecular weight excluding hydrogens is 316 g/mol. The number of anilines is 1. The Morgan fingerprint density at radius 3 is 2.54 bits per heavy atom. The molecular formula is C18H17F2NO3. The fourth-order valence-electron chi connectivity index (χ4n) is 2.67. The molecule has 2 N–H and O–H groups in total. The molecule has 1 saturated heterocycles. The zero-order valence-corrected chi connectivity index (χ0v) is 12.9. The predicted octanol–water partition coefficient (Wildman–Crippen LogP) is 3.62. The number of carbonyl (C=O) groups excluding carboxylic acids is 1. The highest BCUT2D eigenvalue weighted by atomic mass is 19.1. The Hall–Kier alpha value is -2.47. The summed E-state index contributed by atoms with van der Waals surface area (Å²) in [6.07, 6.45) is 0.0107. The first-order valence-corrected chi connectivity index (χ1v) is 7.66. The summed E-state index contributed by atoms with van der Waals surface area (Å²) in [6, 6.07) is 9.72. The van der Waals surface area contributed by atoms with Crippen molar-refractivity contribution in [2.45, 2.75) is 25.0 Å². The lowest BCUT2D eigenvalue weighted by Gasteiger charge is -2.29. The number of nitrogens with two attached hydrogens (primary N) is 1. The molecule has 24 heavy (non-hydrogen) atoms. The molecule has 1 fully saturated rings. The lowest BCUT2D eigenvalue weighted by atomic mass is 9.99. The summed E-state index contributed by atoms with van der Waals surface area (Å²) in [6.45, 7) is 0.140. The summed E-state index contributed by atoms with van der Waals surface area (Å²) in [7, 11) is 0. The molecule has 3 rings (SSSR count). The van der Waals surface area contributed by atoms with Crippen LogP contribution in [0.5, 0.6) is 0 Å². The Morgan fingerprint density at radius 2 is 1.88 bits per heavy atom. The number of hydrogen-bond donors (Lipinski definition) is 1. The van der Waals surface area contributed by atoms with Crippen molar-refractivity contribution in [3.63, 3.8) is 0 Å². The van der Waals surface area contributed by atoms with Crippen molar-refractivity contribution in [2.24, 2.45) is 0 Å². The molecule has 0 spiro atoms. The molecule has 0 amide bonds. The number of halogens is 2. The van der Waals surface area contributed by atoms with Gasteiger partial charge in [0.1, 0.15) is 17.7 Å². The summed E-state index contributed by atoms with van der Waals surface area (Å²) in [5.41, 5.74) is 6.74. The maximum atomic E-state index is 13.8. The third-order valence-electron chi connectivity index (χ3n) is 3.96. The first kappa shape index (κ1) is 16.4. The number of nitrogen functional groups attached to an aromatic ring is 1. The van der Waals surface area contributed by atoms with Gasteiger partial charge in [-0.05, 0) is 55.3 Å². The van der Waals surface area contributed by atoms with Crippen molar-refractivity contribution >= 4 is 11.7 Å². The van der Waals surface area contributed by atoms with Crippen molar-refractivity contribution in [1.82, 2.24) is 0 Å². The smallest absolute Gasteiger partial charge is 0.338 e. The summed E-state index contributed by atoms with van der Waals surface area (Å²) < 4.78 is 38.0. The quantitative estimate of drug-likeness (QED) is 0.688. The van der Waals surface area contributed by atoms with Gasteiger partial charge in [-0.2, -0.15) is 0 Å². The van der Waals surface area contributed by atoms with Gasteiger partial charge in [0.05, 0.1) is 18.3 Å². The maximum absolute atomic E-state index is 13.8. The van der Waals surface area contributed by atoms with Crippen LogP contribution in [-0.4, -0.2) is 18.7 Å². The summed E-state index contributed by atoms with van der Waals surface area (Å²) in [5, 5.41) is 0. The van der Waals surface area contributed by atoms with Crippen LogP contribution in [0.25, 0.3) is 0 Å². The van der Waals surface area contributed by atoms with Crippen LogP contribution >= 0.6 is 0 Å². The minimum atomic E-state index is -0.535. The van der Waals surface area contributed by atoms with E-state index in [0.29, 0.717) is 24.1 Å². The number of ether oxygens (including phenoxy) is 2. The van der Waals surface area contributed by atoms with Gasteiger partial charge in [0.2, 0.25) is 0 Å². The molecule has 0 aromatic heterocycles. The normalized spacial score (nSPS) is 20.6. The van der Waals surface area contributed by atoms with E-state index in [2.05, 4.69) is 0 Å². The van der Waals surface area contributed by atoms with Crippen molar-refractivity contribution in [1.29, 1.82) is 0 Å². The van der Waals surface area contributed by atoms with E-state index in [9.17, 15) is 13.6 Å². The SMILES string of the molecule is Nc1ccc(C(=O)OC2CCC(c3cc(F)ccc3F)OC2)cc1. The molecule has 6 heteroatoms. The molecule has 126 valence electrons. The van der Waals surface area contributed by atoms with Crippen LogP contribution in [0.2, 0.25) is 0 Å². The van der Waals surface area contributed by atoms with Crippen LogP contribution in [0.15, 0.2) is 42.5 Å². The molecule has 2 unspecified atom stereocenters. The monoisotopic (exact) mass is 333 g/mol. The van der Waals surface area contributed by atoms with E-state index in [0.717, 1.165) is 18.2 Å². The first-order chi connectivity index (χ1) is 11.5. The molecule has 2 aromatic rings. The van der Waals surface area contributed by atoms with E-state index in [-0.39, 0.29) is 12.2 Å². The average Bonchev–Trinajstić information content (AvgIpc) is 2.58. The third kappa shape index (κ3) is 3.71. The fourth-order valence-corrected chi connectivity index (χ4v) is 2.67. The van der Waals surface area contributed by atoms with E-state index < -0.39 is 29.8 Å². The van der Waals surface area contributed by atoms with Gasteiger partial charge in [-0.1, -0.05) is 0 Å². The summed E-state index contributed by atoms with van der Waals surface area (Å²) in [4.78, 5) is 12.0. The molecule has 0 saturated carbocycles. The molecule has 1 heterocycles. The molecule has 1 aliphatic rings. The van der Waals surface area contributed by atoms with Gasteiger partial charge in [-0.25, -0.2) is 13.6 Å². The van der Waals surface area contributed by atoms with E-state index in [4.69, 9.17) is 15.2 Å². The zero-order chi connectivity index (χ0) is 17.1. The third-order valence-corrected chi connectivity index (χ3v) is 3.96. The molecule has 0 radical (unpaired) electrons. The Labute approximate surface area is 138 Å². The van der Waals surface area contributed by atoms with Crippen molar-refractivity contribution < 1.29 is 23.0 Å². The van der Waals surface area contributed by atoms with Crippen LogP contribution in [-0.2, 0) is 9.47 Å². The second kappa shape index (κ2) is 6.97. The van der Waals surface area contributed by atoms with Gasteiger partial charge in [-0.3, -0.25) is 0 Å². The van der Waals surface area contributed by atoms with Crippen LogP contribution in [0, 0.1) is 11.6 Å². The molecule has 0 bridgehead atoms. The highest BCUT2D eigenvalue weighted by Crippen LogP contribution is 2.31. The van der Waals surface area contributed by atoms with E-state index in [1.807, 2.05) is 0 Å². The predicted molar refractivity (Wildman–Crippen MR) is 84.3 cm³/mol. The number of benzene rings is 2. The van der Waals surface area contributed by atoms with Gasteiger partial charge in [0.15, 0.2) is 0 Å². The molecule has 1 aliphatic heterocycles. The highest BCUT2D eigenvalue weighted by molar-refractivity contribution is 5.89. The van der Waals surface area contributed by atoms with Gasteiger partial charge >= 0.3 is 5.97 Å². The van der Waals surface area contributed by atoms with E-state index in [1.54, 1.807) is 24.3 Å². The van der Waals surface area contributed by atoms with Crippen molar-refractivity contribution in [2.75, 3.05) is 12.3 Å². The highest BCUT2D eigenvalue weighted by Gasteiger charge is 2.27. The van der Waals surface area contributed by atoms with Gasteiger partial charge < -0.3 is 15.2 Å². The Balaban J connectivity index is 1.58. The minimum Gasteiger partial charge on any atom is -0.456 e. The van der Waals surface area contributed by atoms with Crippen LogP contribution < -0.4 is 5.73 Å². The number of rotatable bonds is 3. The van der Waals surface area contributed by atoms with Gasteiger partial charge in [0.25, 0.3) is 0 Å². The number of carbonyl (C=O) groups is 1. The fraction of sp³-hybridized carbons (Fsp3) is 0.278. The minimum absolute atomic E-state index is 0.140. The number of hydrogen-bond acceptors (Lipinski definition) is 4. The van der Waals surface area contributed by atoms with Gasteiger partial charge in [-0.15, -0.1) is 0 Å². The van der Waals surface area contributed by atoms with Crippen LogP contribution in [0.4, 0.5) is 14.5 Å². The molecule has 0 aliphatic carbocycles. The van der Waals surface area contributed by atoms with Crippen molar-refractivity contribution in [3.05, 3.63) is 65.2 Å². The zero-order valence-electron chi connectivity index (χ0n) is 12.9. The topological polar surface area (TPSA) is 61.6 Å². The van der Waals surface area contributed by atoms with Gasteiger partial charge in [0, 0.05) is 11.3 Å². The standard InChI is InChI=1S/C18H17F2NO3/c19-12-3-7-16(20)15(9-12)17-8-6-14(10-23-17)24-18(22)11-1-4-13(21)5-2-11/h1-5,7,9,14,17H,6,8,10,21H2. The average molecular weight is 333 g/mol. The molecule has 2 aromatic carbocycles. The molecule has 2 atom stereocenters. The first-order valence-electron chi connectivity index (χ1n) is 7.66. The Morgan fingerprint density at radius 1 is 1.12 bits per heavy atom. The lowest BCUT2D eigenvalue weighted by Crippen LogP contribution is -2.30. The maximum Gasteiger partial charge on any atom is 0.338 e. The van der Waals surface area contributed by atoms with Crippen LogP contribution in [0.3, 0.4) is 0 Å².